The molecule has 0 unspecified atom stereocenters. The van der Waals surface area contributed by atoms with E-state index in [1.54, 1.807) is 24.1 Å². The molecule has 1 fully saturated rings. The molecule has 0 atom stereocenters. The first-order valence-electron chi connectivity index (χ1n) is 10.6. The van der Waals surface area contributed by atoms with Crippen LogP contribution < -0.4 is 11.2 Å². The average Bonchev–Trinajstić information content (AvgIpc) is 3.38. The fraction of sp³-hybridized carbons (Fsp3) is 0.500. The second-order valence-corrected chi connectivity index (χ2v) is 11.3. The molecule has 2 heterocycles. The Morgan fingerprint density at radius 2 is 1.91 bits per heavy atom. The third-order valence-electron chi connectivity index (χ3n) is 5.94. The molecule has 172 valence electrons. The van der Waals surface area contributed by atoms with Gasteiger partial charge in [-0.2, -0.15) is 5.10 Å². The van der Waals surface area contributed by atoms with Crippen molar-refractivity contribution in [3.63, 3.8) is 0 Å². The predicted molar refractivity (Wildman–Crippen MR) is 119 cm³/mol. The van der Waals surface area contributed by atoms with Gasteiger partial charge < -0.3 is 0 Å². The molecule has 4 rings (SSSR count). The minimum Gasteiger partial charge on any atom is -0.293 e. The van der Waals surface area contributed by atoms with Crippen molar-refractivity contribution < 1.29 is 12.8 Å². The van der Waals surface area contributed by atoms with Gasteiger partial charge in [-0.25, -0.2) is 13.2 Å². The normalized spacial score (nSPS) is 15.5. The molecule has 0 spiro atoms. The Morgan fingerprint density at radius 1 is 1.19 bits per heavy atom. The van der Waals surface area contributed by atoms with Crippen molar-refractivity contribution in [3.05, 3.63) is 57.0 Å². The monoisotopic (exact) mass is 462 g/mol. The van der Waals surface area contributed by atoms with Crippen LogP contribution in [0, 0.1) is 11.3 Å². The van der Waals surface area contributed by atoms with E-state index < -0.39 is 33.2 Å². The largest absolute Gasteiger partial charge is 0.331 e. The van der Waals surface area contributed by atoms with Crippen LogP contribution in [0.3, 0.4) is 0 Å². The van der Waals surface area contributed by atoms with E-state index in [4.69, 9.17) is 0 Å². The second-order valence-electron chi connectivity index (χ2n) is 9.27. The molecule has 0 saturated heterocycles. The molecule has 0 aliphatic heterocycles. The van der Waals surface area contributed by atoms with E-state index in [-0.39, 0.29) is 28.5 Å². The van der Waals surface area contributed by atoms with Gasteiger partial charge in [0.2, 0.25) is 0 Å². The molecule has 1 aliphatic rings. The van der Waals surface area contributed by atoms with Crippen LogP contribution in [0.2, 0.25) is 0 Å². The van der Waals surface area contributed by atoms with Crippen LogP contribution >= 0.6 is 0 Å². The van der Waals surface area contributed by atoms with Crippen LogP contribution in [0.5, 0.6) is 0 Å². The number of fused-ring (bicyclic) bond motifs is 1. The second kappa shape index (κ2) is 7.99. The average molecular weight is 463 g/mol. The van der Waals surface area contributed by atoms with Crippen molar-refractivity contribution in [1.29, 1.82) is 0 Å². The van der Waals surface area contributed by atoms with Crippen LogP contribution in [-0.2, 0) is 30.0 Å². The van der Waals surface area contributed by atoms with Crippen molar-refractivity contribution in [2.75, 3.05) is 12.4 Å². The molecular weight excluding hydrogens is 435 g/mol. The standard InChI is InChI=1S/C22H27FN4O4S/c1-15(2)10-26-19-5-4-17(32(30,31)14-22(13-23)6-7-22)8-18(19)20(28)27(21(26)29)12-16-9-24-25(3)11-16/h4-5,8-9,11,15H,6-7,10,12-14H2,1-3H3. The maximum Gasteiger partial charge on any atom is 0.331 e. The first-order valence-corrected chi connectivity index (χ1v) is 12.2. The fourth-order valence-corrected chi connectivity index (χ4v) is 5.90. The van der Waals surface area contributed by atoms with E-state index in [9.17, 15) is 22.4 Å². The van der Waals surface area contributed by atoms with Crippen LogP contribution in [0.4, 0.5) is 4.39 Å². The smallest absolute Gasteiger partial charge is 0.293 e. The third kappa shape index (κ3) is 4.15. The van der Waals surface area contributed by atoms with E-state index >= 15 is 0 Å². The Kier molecular flexibility index (Phi) is 5.60. The molecule has 32 heavy (non-hydrogen) atoms. The van der Waals surface area contributed by atoms with Gasteiger partial charge >= 0.3 is 5.69 Å². The summed E-state index contributed by atoms with van der Waals surface area (Å²) >= 11 is 0. The summed E-state index contributed by atoms with van der Waals surface area (Å²) in [5, 5.41) is 4.24. The summed E-state index contributed by atoms with van der Waals surface area (Å²) in [5.41, 5.74) is -0.737. The van der Waals surface area contributed by atoms with Gasteiger partial charge in [-0.1, -0.05) is 13.8 Å². The Morgan fingerprint density at radius 3 is 2.47 bits per heavy atom. The summed E-state index contributed by atoms with van der Waals surface area (Å²) in [6.45, 7) is 3.65. The molecule has 0 N–H and O–H groups in total. The molecule has 1 aliphatic carbocycles. The Balaban J connectivity index is 1.89. The Bertz CT molecular complexity index is 1400. The van der Waals surface area contributed by atoms with Gasteiger partial charge in [-0.05, 0) is 37.0 Å². The van der Waals surface area contributed by atoms with Gasteiger partial charge in [0.1, 0.15) is 0 Å². The van der Waals surface area contributed by atoms with Gasteiger partial charge in [0.05, 0.1) is 41.0 Å². The van der Waals surface area contributed by atoms with Crippen molar-refractivity contribution >= 4 is 20.7 Å². The van der Waals surface area contributed by atoms with Gasteiger partial charge in [0, 0.05) is 30.8 Å². The SMILES string of the molecule is CC(C)Cn1c(=O)n(Cc2cnn(C)c2)c(=O)c2cc(S(=O)(=O)CC3(CF)CC3)ccc21. The van der Waals surface area contributed by atoms with E-state index in [1.165, 1.54) is 22.8 Å². The van der Waals surface area contributed by atoms with Crippen molar-refractivity contribution in [3.8, 4) is 0 Å². The van der Waals surface area contributed by atoms with E-state index in [1.807, 2.05) is 13.8 Å². The van der Waals surface area contributed by atoms with Gasteiger partial charge in [-0.3, -0.25) is 23.0 Å². The third-order valence-corrected chi connectivity index (χ3v) is 7.90. The summed E-state index contributed by atoms with van der Waals surface area (Å²) in [5.74, 6) is -0.153. The van der Waals surface area contributed by atoms with Gasteiger partial charge in [-0.15, -0.1) is 0 Å². The molecule has 2 aromatic heterocycles. The van der Waals surface area contributed by atoms with E-state index in [2.05, 4.69) is 5.10 Å². The molecule has 8 nitrogen and oxygen atoms in total. The quantitative estimate of drug-likeness (QED) is 0.511. The highest BCUT2D eigenvalue weighted by Gasteiger charge is 2.46. The number of nitrogens with zero attached hydrogens (tertiary/aromatic N) is 4. The van der Waals surface area contributed by atoms with Crippen molar-refractivity contribution in [1.82, 2.24) is 18.9 Å². The lowest BCUT2D eigenvalue weighted by Crippen LogP contribution is -2.41. The summed E-state index contributed by atoms with van der Waals surface area (Å²) < 4.78 is 43.4. The maximum atomic E-state index is 13.3. The van der Waals surface area contributed by atoms with Gasteiger partial charge in [0.25, 0.3) is 5.56 Å². The van der Waals surface area contributed by atoms with Gasteiger partial charge in [0.15, 0.2) is 9.84 Å². The number of benzene rings is 1. The lowest BCUT2D eigenvalue weighted by atomic mass is 10.2. The van der Waals surface area contributed by atoms with E-state index in [0.717, 1.165) is 4.57 Å². The summed E-state index contributed by atoms with van der Waals surface area (Å²) in [4.78, 5) is 26.5. The topological polar surface area (TPSA) is 96.0 Å². The minimum absolute atomic E-state index is 0.0236. The lowest BCUT2D eigenvalue weighted by molar-refractivity contribution is 0.367. The molecule has 10 heteroatoms. The molecule has 1 saturated carbocycles. The summed E-state index contributed by atoms with van der Waals surface area (Å²) in [6, 6.07) is 4.25. The molecule has 3 aromatic rings. The van der Waals surface area contributed by atoms with E-state index in [0.29, 0.717) is 30.5 Å². The number of halogens is 1. The molecule has 0 radical (unpaired) electrons. The first-order chi connectivity index (χ1) is 15.0. The van der Waals surface area contributed by atoms with Crippen LogP contribution in [-0.4, -0.2) is 39.8 Å². The predicted octanol–water partition coefficient (Wildman–Crippen LogP) is 2.12. The van der Waals surface area contributed by atoms with Crippen molar-refractivity contribution in [2.45, 2.75) is 44.7 Å². The molecular formula is C22H27FN4O4S. The van der Waals surface area contributed by atoms with Crippen LogP contribution in [0.1, 0.15) is 32.3 Å². The zero-order valence-electron chi connectivity index (χ0n) is 18.4. The highest BCUT2D eigenvalue weighted by molar-refractivity contribution is 7.91. The first kappa shape index (κ1) is 22.4. The van der Waals surface area contributed by atoms with Crippen molar-refractivity contribution in [2.24, 2.45) is 18.4 Å². The fourth-order valence-electron chi connectivity index (χ4n) is 3.99. The Hall–Kier alpha value is -2.75. The number of sulfone groups is 1. The maximum absolute atomic E-state index is 13.3. The number of aryl methyl sites for hydroxylation is 1. The minimum atomic E-state index is -3.78. The van der Waals surface area contributed by atoms with Crippen LogP contribution in [0.15, 0.2) is 45.1 Å². The number of rotatable bonds is 8. The summed E-state index contributed by atoms with van der Waals surface area (Å²) in [6.07, 6.45) is 4.38. The molecule has 1 aromatic carbocycles. The lowest BCUT2D eigenvalue weighted by Gasteiger charge is -2.17. The highest BCUT2D eigenvalue weighted by Crippen LogP contribution is 2.47. The molecule has 0 bridgehead atoms. The van der Waals surface area contributed by atoms with Crippen LogP contribution in [0.25, 0.3) is 10.9 Å². The Labute approximate surface area is 185 Å². The highest BCUT2D eigenvalue weighted by atomic mass is 32.2. The number of aromatic nitrogens is 4. The summed E-state index contributed by atoms with van der Waals surface area (Å²) in [7, 11) is -2.04. The molecule has 0 amide bonds. The number of alkyl halides is 1. The zero-order chi connectivity index (χ0) is 23.3. The zero-order valence-corrected chi connectivity index (χ0v) is 19.2. The number of hydrogen-bond donors (Lipinski definition) is 0. The number of hydrogen-bond acceptors (Lipinski definition) is 5.